The Morgan fingerprint density at radius 1 is 1.12 bits per heavy atom. The van der Waals surface area contributed by atoms with Crippen LogP contribution in [0.25, 0.3) is 11.3 Å². The first-order valence-corrected chi connectivity index (χ1v) is 9.59. The van der Waals surface area contributed by atoms with Crippen LogP contribution in [0.2, 0.25) is 0 Å². The molecule has 5 rings (SSSR count). The highest BCUT2D eigenvalue weighted by atomic mass is 35.5. The van der Waals surface area contributed by atoms with Crippen molar-refractivity contribution in [2.24, 2.45) is 5.41 Å². The third-order valence-electron chi connectivity index (χ3n) is 6.47. The first-order valence-electron chi connectivity index (χ1n) is 9.59. The molecule has 1 aliphatic carbocycles. The molecule has 1 N–H and O–H groups in total. The van der Waals surface area contributed by atoms with E-state index in [9.17, 15) is 0 Å². The Balaban J connectivity index is 0.00000168. The Morgan fingerprint density at radius 2 is 1.92 bits per heavy atom. The topological polar surface area (TPSA) is 41.0 Å². The number of nitrogens with zero attached hydrogens (tertiary/aromatic N) is 3. The quantitative estimate of drug-likeness (QED) is 0.877. The second kappa shape index (κ2) is 6.91. The molecule has 138 valence electrons. The Morgan fingerprint density at radius 3 is 2.69 bits per heavy atom. The van der Waals surface area contributed by atoms with Gasteiger partial charge in [0.25, 0.3) is 0 Å². The van der Waals surface area contributed by atoms with Crippen molar-refractivity contribution in [3.05, 3.63) is 47.4 Å². The minimum absolute atomic E-state index is 0. The van der Waals surface area contributed by atoms with Gasteiger partial charge in [-0.05, 0) is 74.4 Å². The maximum atomic E-state index is 4.45. The lowest BCUT2D eigenvalue weighted by atomic mass is 9.71. The molecule has 2 fully saturated rings. The van der Waals surface area contributed by atoms with E-state index in [4.69, 9.17) is 0 Å². The molecule has 1 spiro atoms. The van der Waals surface area contributed by atoms with Gasteiger partial charge >= 0.3 is 0 Å². The minimum Gasteiger partial charge on any atom is -0.317 e. The van der Waals surface area contributed by atoms with Crippen LogP contribution in [0.15, 0.2) is 30.6 Å². The molecule has 2 aromatic rings. The highest BCUT2D eigenvalue weighted by molar-refractivity contribution is 5.85. The van der Waals surface area contributed by atoms with Crippen LogP contribution < -0.4 is 5.32 Å². The van der Waals surface area contributed by atoms with Gasteiger partial charge in [0.1, 0.15) is 6.33 Å². The monoisotopic (exact) mass is 370 g/mol. The molecule has 0 saturated carbocycles. The fourth-order valence-corrected chi connectivity index (χ4v) is 5.06. The molecule has 1 aromatic carbocycles. The highest BCUT2D eigenvalue weighted by Crippen LogP contribution is 2.47. The number of aromatic nitrogens is 2. The number of likely N-dealkylation sites (tertiary alicyclic amines) is 1. The van der Waals surface area contributed by atoms with Crippen LogP contribution in [0.4, 0.5) is 0 Å². The van der Waals surface area contributed by atoms with Crippen molar-refractivity contribution in [3.8, 4) is 11.3 Å². The molecule has 0 radical (unpaired) electrons. The summed E-state index contributed by atoms with van der Waals surface area (Å²) >= 11 is 0. The molecule has 4 nitrogen and oxygen atoms in total. The average Bonchev–Trinajstić information content (AvgIpc) is 3.03. The molecular weight excluding hydrogens is 344 g/mol. The van der Waals surface area contributed by atoms with Crippen LogP contribution >= 0.6 is 12.4 Å². The summed E-state index contributed by atoms with van der Waals surface area (Å²) in [5.74, 6) is 0. The van der Waals surface area contributed by atoms with E-state index in [0.717, 1.165) is 11.4 Å². The summed E-state index contributed by atoms with van der Waals surface area (Å²) in [6.07, 6.45) is 6.85. The van der Waals surface area contributed by atoms with Gasteiger partial charge in [-0.2, -0.15) is 0 Å². The minimum atomic E-state index is 0. The van der Waals surface area contributed by atoms with Crippen LogP contribution in [-0.2, 0) is 6.42 Å². The average molecular weight is 371 g/mol. The largest absolute Gasteiger partial charge is 0.317 e. The number of hydrogen-bond donors (Lipinski definition) is 1. The van der Waals surface area contributed by atoms with E-state index in [1.54, 1.807) is 11.9 Å². The molecule has 2 aliphatic heterocycles. The van der Waals surface area contributed by atoms with Gasteiger partial charge in [-0.15, -0.1) is 12.4 Å². The molecular formula is C21H27ClN4. The molecule has 5 heteroatoms. The zero-order valence-corrected chi connectivity index (χ0v) is 16.2. The van der Waals surface area contributed by atoms with Gasteiger partial charge in [-0.25, -0.2) is 9.97 Å². The van der Waals surface area contributed by atoms with Crippen molar-refractivity contribution in [2.45, 2.75) is 38.6 Å². The van der Waals surface area contributed by atoms with E-state index in [-0.39, 0.29) is 12.4 Å². The lowest BCUT2D eigenvalue weighted by Gasteiger charge is -2.55. The van der Waals surface area contributed by atoms with Crippen LogP contribution in [-0.4, -0.2) is 41.0 Å². The Kier molecular flexibility index (Phi) is 4.76. The van der Waals surface area contributed by atoms with Crippen molar-refractivity contribution in [2.75, 3.05) is 26.2 Å². The summed E-state index contributed by atoms with van der Waals surface area (Å²) in [4.78, 5) is 11.4. The summed E-state index contributed by atoms with van der Waals surface area (Å²) in [5.41, 5.74) is 6.98. The summed E-state index contributed by atoms with van der Waals surface area (Å²) in [5, 5.41) is 3.50. The lowest BCUT2D eigenvalue weighted by molar-refractivity contribution is -0.0512. The van der Waals surface area contributed by atoms with Crippen LogP contribution in [0.5, 0.6) is 0 Å². The zero-order valence-electron chi connectivity index (χ0n) is 15.4. The van der Waals surface area contributed by atoms with E-state index in [1.165, 1.54) is 63.0 Å². The van der Waals surface area contributed by atoms with E-state index in [1.807, 2.05) is 6.92 Å². The van der Waals surface area contributed by atoms with Crippen LogP contribution in [0.1, 0.15) is 42.1 Å². The molecule has 3 aliphatic rings. The van der Waals surface area contributed by atoms with Gasteiger partial charge in [0, 0.05) is 30.4 Å². The summed E-state index contributed by atoms with van der Waals surface area (Å²) in [6, 6.07) is 9.67. The normalized spacial score (nSPS) is 24.0. The van der Waals surface area contributed by atoms with Gasteiger partial charge in [0.15, 0.2) is 0 Å². The van der Waals surface area contributed by atoms with E-state index in [2.05, 4.69) is 44.5 Å². The maximum Gasteiger partial charge on any atom is 0.116 e. The molecule has 1 atom stereocenters. The van der Waals surface area contributed by atoms with Crippen molar-refractivity contribution < 1.29 is 0 Å². The van der Waals surface area contributed by atoms with E-state index < -0.39 is 0 Å². The van der Waals surface area contributed by atoms with Gasteiger partial charge in [0.2, 0.25) is 0 Å². The number of hydrogen-bond acceptors (Lipinski definition) is 4. The van der Waals surface area contributed by atoms with Crippen LogP contribution in [0.3, 0.4) is 0 Å². The van der Waals surface area contributed by atoms with Crippen LogP contribution in [0, 0.1) is 12.3 Å². The van der Waals surface area contributed by atoms with Crippen molar-refractivity contribution in [1.82, 2.24) is 20.2 Å². The smallest absolute Gasteiger partial charge is 0.116 e. The number of piperidine rings is 1. The first kappa shape index (κ1) is 17.9. The van der Waals surface area contributed by atoms with Gasteiger partial charge in [-0.3, -0.25) is 4.90 Å². The Labute approximate surface area is 161 Å². The molecule has 3 heterocycles. The number of rotatable bonds is 2. The number of benzene rings is 1. The maximum absolute atomic E-state index is 4.45. The van der Waals surface area contributed by atoms with Gasteiger partial charge < -0.3 is 5.32 Å². The number of nitrogens with one attached hydrogen (secondary N) is 1. The Hall–Kier alpha value is -1.49. The van der Waals surface area contributed by atoms with E-state index in [0.29, 0.717) is 11.5 Å². The summed E-state index contributed by atoms with van der Waals surface area (Å²) in [6.45, 7) is 7.03. The SMILES string of the molecule is Cc1cc(-c2ccc3c(c2)CC[C@H]3N2CC3(CCNCC3)C2)ncn1.Cl. The highest BCUT2D eigenvalue weighted by Gasteiger charge is 2.46. The first-order chi connectivity index (χ1) is 12.2. The third-order valence-corrected chi connectivity index (χ3v) is 6.47. The van der Waals surface area contributed by atoms with Gasteiger partial charge in [0.05, 0.1) is 5.69 Å². The zero-order chi connectivity index (χ0) is 16.9. The fraction of sp³-hybridized carbons (Fsp3) is 0.524. The standard InChI is InChI=1S/C21H26N4.ClH/c1-15-10-19(24-14-23-15)17-2-4-18-16(11-17)3-5-20(18)25-12-21(13-25)6-8-22-9-7-21;/h2,4,10-11,14,20,22H,3,5-9,12-13H2,1H3;1H/t20-;/m1./s1. The second-order valence-electron chi connectivity index (χ2n) is 8.17. The second-order valence-corrected chi connectivity index (χ2v) is 8.17. The fourth-order valence-electron chi connectivity index (χ4n) is 5.06. The molecule has 1 aromatic heterocycles. The predicted molar refractivity (Wildman–Crippen MR) is 107 cm³/mol. The number of aryl methyl sites for hydroxylation is 2. The van der Waals surface area contributed by atoms with Gasteiger partial charge in [-0.1, -0.05) is 12.1 Å². The predicted octanol–water partition coefficient (Wildman–Crippen LogP) is 3.55. The number of halogens is 1. The number of fused-ring (bicyclic) bond motifs is 1. The summed E-state index contributed by atoms with van der Waals surface area (Å²) < 4.78 is 0. The lowest BCUT2D eigenvalue weighted by Crippen LogP contribution is -2.60. The molecule has 26 heavy (non-hydrogen) atoms. The molecule has 0 bridgehead atoms. The molecule has 0 amide bonds. The third kappa shape index (κ3) is 3.04. The molecule has 2 saturated heterocycles. The van der Waals surface area contributed by atoms with Crippen molar-refractivity contribution in [1.29, 1.82) is 0 Å². The summed E-state index contributed by atoms with van der Waals surface area (Å²) in [7, 11) is 0. The Bertz CT molecular complexity index is 792. The van der Waals surface area contributed by atoms with Crippen molar-refractivity contribution in [3.63, 3.8) is 0 Å². The van der Waals surface area contributed by atoms with E-state index >= 15 is 0 Å². The van der Waals surface area contributed by atoms with Crippen molar-refractivity contribution >= 4 is 12.4 Å². The molecule has 0 unspecified atom stereocenters.